The van der Waals surface area contributed by atoms with Crippen LogP contribution in [0.4, 0.5) is 14.5 Å². The smallest absolute Gasteiger partial charge is 0.160 e. The van der Waals surface area contributed by atoms with Gasteiger partial charge in [0, 0.05) is 24.1 Å². The minimum absolute atomic E-state index is 0.279. The minimum Gasteiger partial charge on any atom is -0.404 e. The number of halogens is 4. The number of hydrogen-bond acceptors (Lipinski definition) is 5. The van der Waals surface area contributed by atoms with Crippen molar-refractivity contribution in [2.75, 3.05) is 13.1 Å². The highest BCUT2D eigenvalue weighted by molar-refractivity contribution is 7.97. The molecule has 1 unspecified atom stereocenters. The van der Waals surface area contributed by atoms with E-state index in [-0.39, 0.29) is 5.69 Å². The largest absolute Gasteiger partial charge is 0.404 e. The van der Waals surface area contributed by atoms with E-state index in [0.717, 1.165) is 28.9 Å². The van der Waals surface area contributed by atoms with Gasteiger partial charge in [-0.2, -0.15) is 0 Å². The summed E-state index contributed by atoms with van der Waals surface area (Å²) < 4.78 is 29.0. The molecule has 9 heteroatoms. The van der Waals surface area contributed by atoms with Gasteiger partial charge in [0.2, 0.25) is 0 Å². The Morgan fingerprint density at radius 2 is 1.94 bits per heavy atom. The van der Waals surface area contributed by atoms with Crippen molar-refractivity contribution in [1.82, 2.24) is 4.31 Å². The molecular formula is C23H19Cl2F2N3OS. The van der Waals surface area contributed by atoms with Gasteiger partial charge in [-0.3, -0.25) is 0 Å². The summed E-state index contributed by atoms with van der Waals surface area (Å²) in [6, 6.07) is 8.89. The van der Waals surface area contributed by atoms with Gasteiger partial charge in [0.15, 0.2) is 11.6 Å². The summed E-state index contributed by atoms with van der Waals surface area (Å²) >= 11 is 13.6. The van der Waals surface area contributed by atoms with E-state index in [2.05, 4.69) is 9.30 Å². The number of fused-ring (bicyclic) bond motifs is 1. The van der Waals surface area contributed by atoms with Crippen LogP contribution in [-0.2, 0) is 4.79 Å². The highest BCUT2D eigenvalue weighted by Crippen LogP contribution is 2.45. The number of carbonyl (C=O) groups is 1. The molecule has 166 valence electrons. The molecule has 4 rings (SSSR count). The molecule has 32 heavy (non-hydrogen) atoms. The van der Waals surface area contributed by atoms with Crippen LogP contribution in [0.25, 0.3) is 0 Å². The molecule has 1 atom stereocenters. The van der Waals surface area contributed by atoms with Crippen LogP contribution in [0.5, 0.6) is 0 Å². The molecule has 0 amide bonds. The molecule has 0 saturated carbocycles. The maximum absolute atomic E-state index is 13.6. The Morgan fingerprint density at radius 1 is 1.12 bits per heavy atom. The normalized spacial score (nSPS) is 23.8. The third-order valence-corrected chi connectivity index (χ3v) is 7.35. The van der Waals surface area contributed by atoms with Gasteiger partial charge in [-0.1, -0.05) is 28.8 Å². The van der Waals surface area contributed by atoms with E-state index >= 15 is 0 Å². The summed E-state index contributed by atoms with van der Waals surface area (Å²) in [6.45, 7) is 1.20. The predicted octanol–water partition coefficient (Wildman–Crippen LogP) is 6.12. The first-order chi connectivity index (χ1) is 15.3. The number of hydrogen-bond donors (Lipinski definition) is 1. The van der Waals surface area contributed by atoms with Crippen molar-refractivity contribution in [3.63, 3.8) is 0 Å². The first-order valence-corrected chi connectivity index (χ1v) is 11.4. The van der Waals surface area contributed by atoms with Crippen LogP contribution < -0.4 is 5.73 Å². The molecule has 1 aliphatic carbocycles. The van der Waals surface area contributed by atoms with Crippen molar-refractivity contribution in [1.29, 1.82) is 0 Å². The number of carbonyl (C=O) groups excluding carboxylic acids is 1. The number of benzene rings is 2. The zero-order valence-electron chi connectivity index (χ0n) is 16.8. The summed E-state index contributed by atoms with van der Waals surface area (Å²) in [5.41, 5.74) is 7.58. The Bertz CT molecular complexity index is 1170. The Hall–Kier alpha value is -2.19. The highest BCUT2D eigenvalue weighted by Gasteiger charge is 2.43. The molecule has 1 aliphatic heterocycles. The molecule has 0 bridgehead atoms. The Balaban J connectivity index is 1.62. The van der Waals surface area contributed by atoms with Crippen LogP contribution >= 0.6 is 35.1 Å². The maximum atomic E-state index is 13.6. The first-order valence-electron chi connectivity index (χ1n) is 9.84. The van der Waals surface area contributed by atoms with E-state index < -0.39 is 17.0 Å². The summed E-state index contributed by atoms with van der Waals surface area (Å²) in [5, 5.41) is 0.963. The van der Waals surface area contributed by atoms with Gasteiger partial charge in [0.1, 0.15) is 6.29 Å². The lowest BCUT2D eigenvalue weighted by atomic mass is 9.68. The molecular weight excluding hydrogens is 475 g/mol. The van der Waals surface area contributed by atoms with E-state index in [1.165, 1.54) is 24.2 Å². The molecule has 0 radical (unpaired) electrons. The number of aliphatic imine (C=N–C) groups is 1. The summed E-state index contributed by atoms with van der Waals surface area (Å²) in [5.74, 6) is -1.90. The van der Waals surface area contributed by atoms with Crippen molar-refractivity contribution in [2.24, 2.45) is 16.1 Å². The quantitative estimate of drug-likeness (QED) is 0.411. The number of aldehydes is 1. The lowest BCUT2D eigenvalue weighted by Crippen LogP contribution is -2.45. The molecule has 2 aromatic rings. The fourth-order valence-electron chi connectivity index (χ4n) is 3.92. The number of rotatable bonds is 4. The summed E-state index contributed by atoms with van der Waals surface area (Å²) in [4.78, 5) is 17.7. The van der Waals surface area contributed by atoms with E-state index in [1.807, 2.05) is 12.1 Å². The zero-order valence-corrected chi connectivity index (χ0v) is 19.2. The average molecular weight is 494 g/mol. The van der Waals surface area contributed by atoms with Gasteiger partial charge in [0.05, 0.1) is 26.9 Å². The summed E-state index contributed by atoms with van der Waals surface area (Å²) in [7, 11) is 0. The molecule has 2 aliphatic rings. The maximum Gasteiger partial charge on any atom is 0.160 e. The van der Waals surface area contributed by atoms with Crippen LogP contribution in [0.2, 0.25) is 10.0 Å². The molecule has 1 fully saturated rings. The van der Waals surface area contributed by atoms with Crippen molar-refractivity contribution in [2.45, 2.75) is 17.7 Å². The zero-order chi connectivity index (χ0) is 22.9. The van der Waals surface area contributed by atoms with Gasteiger partial charge < -0.3 is 10.5 Å². The molecule has 2 N–H and O–H groups in total. The minimum atomic E-state index is -0.969. The Morgan fingerprint density at radius 3 is 2.62 bits per heavy atom. The summed E-state index contributed by atoms with van der Waals surface area (Å²) in [6.07, 6.45) is 5.26. The van der Waals surface area contributed by atoms with Crippen molar-refractivity contribution < 1.29 is 13.6 Å². The standard InChI is InChI=1S/C23H19Cl2F2N3OS/c24-18-3-2-17(9-19(18)25)32-30-6-5-15-7-22(14(11-28)10-23(15,12-30)13-31)29-16-1-4-20(26)21(27)8-16/h1-4,7-9,11,13H,5-6,10,12,28H2. The molecule has 0 aromatic heterocycles. The first kappa shape index (κ1) is 23.0. The van der Waals surface area contributed by atoms with Crippen LogP contribution in [0.15, 0.2) is 69.7 Å². The predicted molar refractivity (Wildman–Crippen MR) is 125 cm³/mol. The van der Waals surface area contributed by atoms with E-state index in [1.54, 1.807) is 12.1 Å². The van der Waals surface area contributed by atoms with Gasteiger partial charge >= 0.3 is 0 Å². The lowest BCUT2D eigenvalue weighted by molar-refractivity contribution is -0.115. The van der Waals surface area contributed by atoms with Crippen molar-refractivity contribution in [3.8, 4) is 0 Å². The van der Waals surface area contributed by atoms with Gasteiger partial charge in [-0.15, -0.1) is 0 Å². The second kappa shape index (κ2) is 9.35. The van der Waals surface area contributed by atoms with Crippen LogP contribution in [-0.4, -0.2) is 29.4 Å². The molecule has 2 aromatic carbocycles. The topological polar surface area (TPSA) is 58.7 Å². The van der Waals surface area contributed by atoms with Crippen LogP contribution in [0, 0.1) is 17.0 Å². The highest BCUT2D eigenvalue weighted by atomic mass is 35.5. The number of allylic oxidation sites excluding steroid dienone is 2. The second-order valence-corrected chi connectivity index (χ2v) is 9.67. The van der Waals surface area contributed by atoms with Crippen LogP contribution in [0.1, 0.15) is 12.8 Å². The average Bonchev–Trinajstić information content (AvgIpc) is 2.78. The molecule has 1 heterocycles. The lowest BCUT2D eigenvalue weighted by Gasteiger charge is -2.43. The van der Waals surface area contributed by atoms with Gasteiger partial charge in [-0.05, 0) is 73.0 Å². The third kappa shape index (κ3) is 4.62. The number of nitrogens with two attached hydrogens (primary N) is 1. The van der Waals surface area contributed by atoms with Crippen LogP contribution in [0.3, 0.4) is 0 Å². The number of piperidine rings is 1. The molecule has 1 saturated heterocycles. The van der Waals surface area contributed by atoms with E-state index in [4.69, 9.17) is 28.9 Å². The monoisotopic (exact) mass is 493 g/mol. The Kier molecular flexibility index (Phi) is 6.72. The second-order valence-electron chi connectivity index (χ2n) is 7.69. The van der Waals surface area contributed by atoms with Gasteiger partial charge in [0.25, 0.3) is 0 Å². The van der Waals surface area contributed by atoms with Crippen molar-refractivity contribution in [3.05, 3.63) is 81.5 Å². The van der Waals surface area contributed by atoms with E-state index in [0.29, 0.717) is 47.3 Å². The van der Waals surface area contributed by atoms with Crippen molar-refractivity contribution >= 4 is 52.8 Å². The SMILES string of the molecule is NC=C1CC2(C=O)CN(Sc3ccc(Cl)c(Cl)c3)CCC2=CC1=Nc1ccc(F)c(F)c1. The third-order valence-electron chi connectivity index (χ3n) is 5.58. The Labute approximate surface area is 198 Å². The fraction of sp³-hybridized carbons (Fsp3) is 0.217. The van der Waals surface area contributed by atoms with Gasteiger partial charge in [-0.25, -0.2) is 18.1 Å². The molecule has 0 spiro atoms. The molecule has 4 nitrogen and oxygen atoms in total. The van der Waals surface area contributed by atoms with E-state index in [9.17, 15) is 13.6 Å². The fourth-order valence-corrected chi connectivity index (χ4v) is 5.36. The number of nitrogens with zero attached hydrogens (tertiary/aromatic N) is 2.